The molecule has 7 N–H and O–H groups in total. The molecular formula is C11H23N3O5. The van der Waals surface area contributed by atoms with Gasteiger partial charge in [-0.05, 0) is 26.3 Å². The van der Waals surface area contributed by atoms with Gasteiger partial charge in [0.2, 0.25) is 5.91 Å². The van der Waals surface area contributed by atoms with Crippen molar-refractivity contribution in [3.63, 3.8) is 0 Å². The zero-order valence-corrected chi connectivity index (χ0v) is 11.1. The van der Waals surface area contributed by atoms with Crippen LogP contribution >= 0.6 is 0 Å². The molecule has 0 radical (unpaired) electrons. The van der Waals surface area contributed by atoms with E-state index in [0.717, 1.165) is 0 Å². The fourth-order valence-electron chi connectivity index (χ4n) is 0.949. The molecule has 0 rings (SSSR count). The molecular weight excluding hydrogens is 254 g/mol. The van der Waals surface area contributed by atoms with E-state index in [9.17, 15) is 14.4 Å². The van der Waals surface area contributed by atoms with Crippen LogP contribution in [0.5, 0.6) is 0 Å². The molecule has 8 nitrogen and oxygen atoms in total. The number of carboxylic acids is 2. The van der Waals surface area contributed by atoms with Crippen molar-refractivity contribution in [3.8, 4) is 0 Å². The molecule has 1 amide bonds. The Bertz CT molecular complexity index is 284. The molecule has 0 aliphatic carbocycles. The predicted octanol–water partition coefficient (Wildman–Crippen LogP) is -0.875. The van der Waals surface area contributed by atoms with Crippen LogP contribution in [-0.4, -0.2) is 47.2 Å². The number of carbonyl (C=O) groups excluding carboxylic acids is 1. The number of rotatable bonds is 8. The molecule has 0 heterocycles. The molecule has 0 aliphatic rings. The molecule has 0 fully saturated rings. The first kappa shape index (κ1) is 19.7. The predicted molar refractivity (Wildman–Crippen MR) is 69.5 cm³/mol. The van der Waals surface area contributed by atoms with Crippen molar-refractivity contribution in [2.45, 2.75) is 38.6 Å². The van der Waals surface area contributed by atoms with Gasteiger partial charge in [-0.1, -0.05) is 0 Å². The van der Waals surface area contributed by atoms with Crippen molar-refractivity contribution in [1.29, 1.82) is 0 Å². The largest absolute Gasteiger partial charge is 0.481 e. The maximum Gasteiger partial charge on any atom is 0.320 e. The number of amides is 1. The lowest BCUT2D eigenvalue weighted by molar-refractivity contribution is -0.139. The summed E-state index contributed by atoms with van der Waals surface area (Å²) in [6, 6.07) is -0.937. The number of carbonyl (C=O) groups is 3. The van der Waals surface area contributed by atoms with Gasteiger partial charge in [-0.15, -0.1) is 0 Å². The lowest BCUT2D eigenvalue weighted by Gasteiger charge is -2.05. The van der Waals surface area contributed by atoms with Crippen LogP contribution in [0.4, 0.5) is 0 Å². The van der Waals surface area contributed by atoms with E-state index in [0.29, 0.717) is 19.5 Å². The van der Waals surface area contributed by atoms with E-state index >= 15 is 0 Å². The molecule has 0 saturated heterocycles. The topological polar surface area (TPSA) is 156 Å². The third-order valence-corrected chi connectivity index (χ3v) is 1.97. The van der Waals surface area contributed by atoms with Gasteiger partial charge in [-0.2, -0.15) is 0 Å². The summed E-state index contributed by atoms with van der Waals surface area (Å²) in [5.74, 6) is -2.00. The normalized spacial score (nSPS) is 10.9. The van der Waals surface area contributed by atoms with Crippen molar-refractivity contribution in [1.82, 2.24) is 5.32 Å². The third kappa shape index (κ3) is 16.3. The third-order valence-electron chi connectivity index (χ3n) is 1.97. The molecule has 0 spiro atoms. The zero-order valence-electron chi connectivity index (χ0n) is 11.1. The van der Waals surface area contributed by atoms with E-state index in [1.165, 1.54) is 0 Å². The molecule has 0 bridgehead atoms. The first-order valence-electron chi connectivity index (χ1n) is 6.02. The van der Waals surface area contributed by atoms with Gasteiger partial charge in [0.15, 0.2) is 0 Å². The molecule has 0 aromatic rings. The van der Waals surface area contributed by atoms with Crippen molar-refractivity contribution < 1.29 is 24.6 Å². The second-order valence-electron chi connectivity index (χ2n) is 3.72. The van der Waals surface area contributed by atoms with Crippen LogP contribution in [0.3, 0.4) is 0 Å². The average Bonchev–Trinajstić information content (AvgIpc) is 2.34. The van der Waals surface area contributed by atoms with E-state index in [-0.39, 0.29) is 25.2 Å². The maximum atomic E-state index is 10.8. The molecule has 112 valence electrons. The Morgan fingerprint density at radius 2 is 1.79 bits per heavy atom. The van der Waals surface area contributed by atoms with E-state index < -0.39 is 18.0 Å². The van der Waals surface area contributed by atoms with Crippen molar-refractivity contribution in [3.05, 3.63) is 0 Å². The van der Waals surface area contributed by atoms with Crippen molar-refractivity contribution in [2.24, 2.45) is 11.5 Å². The molecule has 0 saturated carbocycles. The Kier molecular flexibility index (Phi) is 13.2. The minimum absolute atomic E-state index is 0.158. The number of hydrogen-bond donors (Lipinski definition) is 5. The Hall–Kier alpha value is -1.67. The van der Waals surface area contributed by atoms with Crippen LogP contribution in [0.15, 0.2) is 0 Å². The summed E-state index contributed by atoms with van der Waals surface area (Å²) >= 11 is 0. The number of nitrogens with one attached hydrogen (secondary N) is 1. The van der Waals surface area contributed by atoms with Crippen LogP contribution in [0.1, 0.15) is 32.6 Å². The van der Waals surface area contributed by atoms with E-state index in [4.69, 9.17) is 21.7 Å². The van der Waals surface area contributed by atoms with Crippen LogP contribution in [0.2, 0.25) is 0 Å². The summed E-state index contributed by atoms with van der Waals surface area (Å²) in [6.07, 6.45) is 1.12. The fraction of sp³-hybridized carbons (Fsp3) is 0.727. The minimum Gasteiger partial charge on any atom is -0.481 e. The smallest absolute Gasteiger partial charge is 0.320 e. The highest BCUT2D eigenvalue weighted by Gasteiger charge is 2.12. The summed E-state index contributed by atoms with van der Waals surface area (Å²) in [5, 5.41) is 18.9. The standard InChI is InChI=1S/C7H14N2O3.C4H9NO2/c1-2-9-6(10)4-3-5(8)7(11)12;5-3-1-2-4(6)7/h5H,2-4,8H2,1H3,(H,9,10)(H,11,12);1-3,5H2,(H,6,7)/t5-;/m0./s1. The highest BCUT2D eigenvalue weighted by molar-refractivity contribution is 5.78. The molecule has 0 aromatic carbocycles. The fourth-order valence-corrected chi connectivity index (χ4v) is 0.949. The van der Waals surface area contributed by atoms with E-state index in [1.807, 2.05) is 0 Å². The molecule has 0 aliphatic heterocycles. The van der Waals surface area contributed by atoms with Crippen LogP contribution in [0.25, 0.3) is 0 Å². The Labute approximate surface area is 112 Å². The lowest BCUT2D eigenvalue weighted by Crippen LogP contribution is -2.32. The number of hydrogen-bond acceptors (Lipinski definition) is 5. The van der Waals surface area contributed by atoms with Crippen molar-refractivity contribution >= 4 is 17.8 Å². The van der Waals surface area contributed by atoms with Gasteiger partial charge >= 0.3 is 11.9 Å². The van der Waals surface area contributed by atoms with Gasteiger partial charge in [0.1, 0.15) is 6.04 Å². The summed E-state index contributed by atoms with van der Waals surface area (Å²) in [5.41, 5.74) is 10.2. The second kappa shape index (κ2) is 12.8. The van der Waals surface area contributed by atoms with Crippen LogP contribution in [-0.2, 0) is 14.4 Å². The first-order chi connectivity index (χ1) is 8.84. The maximum absolute atomic E-state index is 10.8. The highest BCUT2D eigenvalue weighted by Crippen LogP contribution is 1.94. The molecule has 8 heteroatoms. The Balaban J connectivity index is 0. The summed E-state index contributed by atoms with van der Waals surface area (Å²) < 4.78 is 0. The monoisotopic (exact) mass is 277 g/mol. The molecule has 0 aromatic heterocycles. The summed E-state index contributed by atoms with van der Waals surface area (Å²) in [4.78, 5) is 30.7. The Morgan fingerprint density at radius 3 is 2.11 bits per heavy atom. The second-order valence-corrected chi connectivity index (χ2v) is 3.72. The minimum atomic E-state index is -1.07. The summed E-state index contributed by atoms with van der Waals surface area (Å²) in [7, 11) is 0. The highest BCUT2D eigenvalue weighted by atomic mass is 16.4. The quantitative estimate of drug-likeness (QED) is 0.386. The average molecular weight is 277 g/mol. The van der Waals surface area contributed by atoms with Gasteiger partial charge in [-0.25, -0.2) is 0 Å². The molecule has 19 heavy (non-hydrogen) atoms. The number of aliphatic carboxylic acids is 2. The summed E-state index contributed by atoms with van der Waals surface area (Å²) in [6.45, 7) is 2.82. The van der Waals surface area contributed by atoms with E-state index in [2.05, 4.69) is 5.32 Å². The Morgan fingerprint density at radius 1 is 1.21 bits per heavy atom. The van der Waals surface area contributed by atoms with Gasteiger partial charge in [0.25, 0.3) is 0 Å². The van der Waals surface area contributed by atoms with Crippen molar-refractivity contribution in [2.75, 3.05) is 13.1 Å². The number of carboxylic acid groups (broad SMARTS) is 2. The van der Waals surface area contributed by atoms with Gasteiger partial charge < -0.3 is 27.0 Å². The number of nitrogens with two attached hydrogens (primary N) is 2. The van der Waals surface area contributed by atoms with E-state index in [1.54, 1.807) is 6.92 Å². The SMILES string of the molecule is CCNC(=O)CC[C@H](N)C(=O)O.NCCCC(=O)O. The van der Waals surface area contributed by atoms with Crippen LogP contribution in [0, 0.1) is 0 Å². The van der Waals surface area contributed by atoms with Gasteiger partial charge in [0.05, 0.1) is 0 Å². The lowest BCUT2D eigenvalue weighted by atomic mass is 10.1. The van der Waals surface area contributed by atoms with Gasteiger partial charge in [-0.3, -0.25) is 14.4 Å². The molecule has 0 unspecified atom stereocenters. The zero-order chi connectivity index (χ0) is 15.3. The molecule has 1 atom stereocenters. The van der Waals surface area contributed by atoms with Gasteiger partial charge in [0, 0.05) is 19.4 Å². The van der Waals surface area contributed by atoms with Crippen LogP contribution < -0.4 is 16.8 Å². The first-order valence-corrected chi connectivity index (χ1v) is 6.02.